The van der Waals surface area contributed by atoms with E-state index in [9.17, 15) is 5.11 Å². The molecule has 1 heterocycles. The second-order valence-corrected chi connectivity index (χ2v) is 10.3. The highest BCUT2D eigenvalue weighted by atomic mass is 35.5. The molecule has 0 aliphatic heterocycles. The number of nitrogens with zero attached hydrogens (tertiary/aromatic N) is 3. The third-order valence-corrected chi connectivity index (χ3v) is 6.32. The molecule has 0 amide bonds. The highest BCUT2D eigenvalue weighted by Gasteiger charge is 2.28. The van der Waals surface area contributed by atoms with E-state index in [-0.39, 0.29) is 0 Å². The summed E-state index contributed by atoms with van der Waals surface area (Å²) in [5, 5.41) is 16.1. The van der Waals surface area contributed by atoms with Crippen LogP contribution in [0.15, 0.2) is 54.6 Å². The Morgan fingerprint density at radius 2 is 1.80 bits per heavy atom. The lowest BCUT2D eigenvalue weighted by atomic mass is 10.2. The van der Waals surface area contributed by atoms with E-state index in [1.165, 1.54) is 12.8 Å². The molecule has 1 aliphatic rings. The van der Waals surface area contributed by atoms with Crippen LogP contribution < -0.4 is 4.74 Å². The van der Waals surface area contributed by atoms with Crippen molar-refractivity contribution >= 4 is 11.6 Å². The van der Waals surface area contributed by atoms with Gasteiger partial charge in [0.1, 0.15) is 5.75 Å². The molecule has 188 valence electrons. The number of aliphatic hydroxyl groups excluding tert-OH is 1. The number of aryl methyl sites for hydroxylation is 1. The van der Waals surface area contributed by atoms with Crippen molar-refractivity contribution in [3.05, 3.63) is 70.9 Å². The Morgan fingerprint density at radius 3 is 2.49 bits per heavy atom. The minimum absolute atomic E-state index is 0.338. The molecule has 7 heteroatoms. The topological polar surface area (TPSA) is 59.8 Å². The third-order valence-electron chi connectivity index (χ3n) is 6.01. The molecule has 1 fully saturated rings. The summed E-state index contributed by atoms with van der Waals surface area (Å²) in [4.78, 5) is 2.31. The van der Waals surface area contributed by atoms with E-state index in [0.29, 0.717) is 54.8 Å². The van der Waals surface area contributed by atoms with Gasteiger partial charge in [-0.05, 0) is 55.9 Å². The van der Waals surface area contributed by atoms with Crippen LogP contribution in [0.25, 0.3) is 5.69 Å². The van der Waals surface area contributed by atoms with Gasteiger partial charge >= 0.3 is 0 Å². The summed E-state index contributed by atoms with van der Waals surface area (Å²) in [6.07, 6.45) is 1.92. The minimum Gasteiger partial charge on any atom is -0.437 e. The van der Waals surface area contributed by atoms with Crippen LogP contribution in [0, 0.1) is 18.8 Å². The Hall–Kier alpha value is -2.38. The highest BCUT2D eigenvalue weighted by Crippen LogP contribution is 2.36. The number of aromatic nitrogens is 2. The van der Waals surface area contributed by atoms with Crippen LogP contribution in [0.2, 0.25) is 5.02 Å². The number of para-hydroxylation sites is 2. The summed E-state index contributed by atoms with van der Waals surface area (Å²) in [5.74, 6) is 2.36. The van der Waals surface area contributed by atoms with Gasteiger partial charge in [-0.2, -0.15) is 5.10 Å². The zero-order chi connectivity index (χ0) is 24.8. The predicted octanol–water partition coefficient (Wildman–Crippen LogP) is 5.87. The first-order valence-electron chi connectivity index (χ1n) is 12.4. The normalized spacial score (nSPS) is 14.6. The maximum absolute atomic E-state index is 10.7. The monoisotopic (exact) mass is 497 g/mol. The van der Waals surface area contributed by atoms with E-state index in [1.807, 2.05) is 66.2 Å². The van der Waals surface area contributed by atoms with Crippen molar-refractivity contribution < 1.29 is 14.6 Å². The minimum atomic E-state index is -0.551. The van der Waals surface area contributed by atoms with Gasteiger partial charge in [-0.1, -0.05) is 55.8 Å². The number of aliphatic hydroxyl groups is 1. The number of halogens is 1. The molecule has 0 radical (unpaired) electrons. The van der Waals surface area contributed by atoms with Crippen molar-refractivity contribution in [2.75, 3.05) is 26.3 Å². The van der Waals surface area contributed by atoms with Crippen LogP contribution in [0.4, 0.5) is 0 Å². The fraction of sp³-hybridized carbons (Fsp3) is 0.464. The zero-order valence-electron chi connectivity index (χ0n) is 20.9. The summed E-state index contributed by atoms with van der Waals surface area (Å²) >= 11 is 6.44. The second kappa shape index (κ2) is 12.0. The molecule has 2 aromatic carbocycles. The average Bonchev–Trinajstić information content (AvgIpc) is 3.59. The van der Waals surface area contributed by atoms with Gasteiger partial charge < -0.3 is 14.6 Å². The van der Waals surface area contributed by atoms with Crippen LogP contribution in [-0.4, -0.2) is 52.2 Å². The lowest BCUT2D eigenvalue weighted by molar-refractivity contribution is 0.00609. The van der Waals surface area contributed by atoms with E-state index in [2.05, 4.69) is 18.7 Å². The predicted molar refractivity (Wildman–Crippen MR) is 139 cm³/mol. The Labute approximate surface area is 213 Å². The Bertz CT molecular complexity index is 1080. The van der Waals surface area contributed by atoms with E-state index in [4.69, 9.17) is 26.2 Å². The fourth-order valence-electron chi connectivity index (χ4n) is 4.08. The SMILES string of the molecule is Cc1nn(-c2ccccc2)c(Oc2ccccc2Cl)c1CN(CC1CC1)C[C@@H](O)COCC(C)C. The summed E-state index contributed by atoms with van der Waals surface area (Å²) in [5.41, 5.74) is 2.80. The standard InChI is InChI=1S/C28H36ClN3O3/c1-20(2)18-34-19-24(33)16-31(15-22-13-14-22)17-25-21(3)30-32(23-9-5-4-6-10-23)28(25)35-27-12-8-7-11-26(27)29/h4-12,20,22,24,33H,13-19H2,1-3H3/t24-/m1/s1. The molecule has 1 saturated carbocycles. The lowest BCUT2D eigenvalue weighted by Crippen LogP contribution is -2.36. The van der Waals surface area contributed by atoms with Gasteiger partial charge in [0.05, 0.1) is 34.7 Å². The van der Waals surface area contributed by atoms with Gasteiger partial charge in [-0.3, -0.25) is 4.90 Å². The van der Waals surface area contributed by atoms with Crippen molar-refractivity contribution in [2.45, 2.75) is 46.3 Å². The quantitative estimate of drug-likeness (QED) is 0.320. The van der Waals surface area contributed by atoms with Crippen LogP contribution in [-0.2, 0) is 11.3 Å². The van der Waals surface area contributed by atoms with Gasteiger partial charge in [0, 0.05) is 26.2 Å². The molecular formula is C28H36ClN3O3. The van der Waals surface area contributed by atoms with Gasteiger partial charge in [-0.25, -0.2) is 4.68 Å². The molecule has 3 aromatic rings. The number of rotatable bonds is 13. The Kier molecular flexibility index (Phi) is 8.84. The first-order valence-corrected chi connectivity index (χ1v) is 12.8. The van der Waals surface area contributed by atoms with Gasteiger partial charge in [-0.15, -0.1) is 0 Å². The molecular weight excluding hydrogens is 462 g/mol. The van der Waals surface area contributed by atoms with E-state index < -0.39 is 6.10 Å². The molecule has 1 aromatic heterocycles. The van der Waals surface area contributed by atoms with E-state index >= 15 is 0 Å². The van der Waals surface area contributed by atoms with Crippen molar-refractivity contribution in [1.29, 1.82) is 0 Å². The first kappa shape index (κ1) is 25.7. The van der Waals surface area contributed by atoms with Crippen LogP contribution in [0.5, 0.6) is 11.6 Å². The van der Waals surface area contributed by atoms with Crippen molar-refractivity contribution in [3.63, 3.8) is 0 Å². The number of benzene rings is 2. The van der Waals surface area contributed by atoms with Gasteiger partial charge in [0.2, 0.25) is 5.88 Å². The number of hydrogen-bond acceptors (Lipinski definition) is 5. The number of hydrogen-bond donors (Lipinski definition) is 1. The van der Waals surface area contributed by atoms with E-state index in [0.717, 1.165) is 23.5 Å². The van der Waals surface area contributed by atoms with Gasteiger partial charge in [0.15, 0.2) is 0 Å². The molecule has 1 N–H and O–H groups in total. The van der Waals surface area contributed by atoms with Crippen molar-refractivity contribution in [3.8, 4) is 17.3 Å². The van der Waals surface area contributed by atoms with Crippen LogP contribution in [0.1, 0.15) is 37.9 Å². The smallest absolute Gasteiger partial charge is 0.227 e. The maximum atomic E-state index is 10.7. The summed E-state index contributed by atoms with van der Waals surface area (Å²) in [6, 6.07) is 17.4. The molecule has 0 unspecified atom stereocenters. The van der Waals surface area contributed by atoms with Crippen LogP contribution >= 0.6 is 11.6 Å². The summed E-state index contributed by atoms with van der Waals surface area (Å²) in [7, 11) is 0. The molecule has 1 aliphatic carbocycles. The fourth-order valence-corrected chi connectivity index (χ4v) is 4.26. The highest BCUT2D eigenvalue weighted by molar-refractivity contribution is 6.32. The molecule has 1 atom stereocenters. The van der Waals surface area contributed by atoms with Gasteiger partial charge in [0.25, 0.3) is 0 Å². The summed E-state index contributed by atoms with van der Waals surface area (Å²) < 4.78 is 14.0. The summed E-state index contributed by atoms with van der Waals surface area (Å²) in [6.45, 7) is 9.31. The molecule has 0 spiro atoms. The Balaban J connectivity index is 1.61. The Morgan fingerprint density at radius 1 is 1.09 bits per heavy atom. The van der Waals surface area contributed by atoms with Crippen molar-refractivity contribution in [2.24, 2.45) is 11.8 Å². The molecule has 0 bridgehead atoms. The molecule has 35 heavy (non-hydrogen) atoms. The number of ether oxygens (including phenoxy) is 2. The molecule has 4 rings (SSSR count). The lowest BCUT2D eigenvalue weighted by Gasteiger charge is -2.25. The largest absolute Gasteiger partial charge is 0.437 e. The van der Waals surface area contributed by atoms with Crippen molar-refractivity contribution in [1.82, 2.24) is 14.7 Å². The maximum Gasteiger partial charge on any atom is 0.227 e. The second-order valence-electron chi connectivity index (χ2n) is 9.87. The third kappa shape index (κ3) is 7.31. The molecule has 0 saturated heterocycles. The van der Waals surface area contributed by atoms with Crippen LogP contribution in [0.3, 0.4) is 0 Å². The average molecular weight is 498 g/mol. The first-order chi connectivity index (χ1) is 16.9. The molecule has 6 nitrogen and oxygen atoms in total. The van der Waals surface area contributed by atoms with E-state index in [1.54, 1.807) is 0 Å². The zero-order valence-corrected chi connectivity index (χ0v) is 21.6.